The van der Waals surface area contributed by atoms with Gasteiger partial charge in [0.25, 0.3) is 0 Å². The Kier molecular flexibility index (Phi) is 4.58. The Labute approximate surface area is 117 Å². The van der Waals surface area contributed by atoms with Gasteiger partial charge < -0.3 is 10.5 Å². The molecular formula is C15H20F3NO. The van der Waals surface area contributed by atoms with Gasteiger partial charge in [-0.15, -0.1) is 0 Å². The maximum Gasteiger partial charge on any atom is 0.416 e. The normalized spacial score (nSPS) is 18.9. The highest BCUT2D eigenvalue weighted by molar-refractivity contribution is 5.37. The van der Waals surface area contributed by atoms with Crippen LogP contribution >= 0.6 is 0 Å². The molecule has 1 aromatic rings. The highest BCUT2D eigenvalue weighted by Gasteiger charge is 2.32. The molecule has 0 spiro atoms. The van der Waals surface area contributed by atoms with E-state index >= 15 is 0 Å². The molecular weight excluding hydrogens is 267 g/mol. The molecule has 2 rings (SSSR count). The lowest BCUT2D eigenvalue weighted by atomic mass is 9.81. The van der Waals surface area contributed by atoms with Crippen LogP contribution < -0.4 is 10.5 Å². The summed E-state index contributed by atoms with van der Waals surface area (Å²) in [6.07, 6.45) is 0.993. The first-order chi connectivity index (χ1) is 9.41. The minimum absolute atomic E-state index is 0.209. The molecule has 2 N–H and O–H groups in total. The van der Waals surface area contributed by atoms with Crippen LogP contribution in [0.4, 0.5) is 13.2 Å². The summed E-state index contributed by atoms with van der Waals surface area (Å²) in [4.78, 5) is 0. The van der Waals surface area contributed by atoms with Crippen molar-refractivity contribution in [3.05, 3.63) is 29.3 Å². The smallest absolute Gasteiger partial charge is 0.416 e. The average molecular weight is 287 g/mol. The number of benzene rings is 1. The zero-order valence-electron chi connectivity index (χ0n) is 11.5. The largest absolute Gasteiger partial charge is 0.497 e. The monoisotopic (exact) mass is 287 g/mol. The number of alkyl halides is 3. The second-order valence-corrected chi connectivity index (χ2v) is 5.42. The highest BCUT2D eigenvalue weighted by Crippen LogP contribution is 2.37. The average Bonchev–Trinajstić information content (AvgIpc) is 2.46. The molecule has 112 valence electrons. The molecule has 1 aliphatic rings. The maximum atomic E-state index is 12.9. The SMILES string of the molecule is COc1cc([C@@H](N)C2CCCCC2)cc(C(F)(F)F)c1. The van der Waals surface area contributed by atoms with Gasteiger partial charge in [0.1, 0.15) is 5.75 Å². The van der Waals surface area contributed by atoms with E-state index in [-0.39, 0.29) is 17.7 Å². The van der Waals surface area contributed by atoms with Crippen LogP contribution in [-0.2, 0) is 6.18 Å². The zero-order chi connectivity index (χ0) is 14.8. The number of nitrogens with two attached hydrogens (primary N) is 1. The Balaban J connectivity index is 2.29. The number of hydrogen-bond donors (Lipinski definition) is 1. The van der Waals surface area contributed by atoms with Crippen molar-refractivity contribution in [1.29, 1.82) is 0 Å². The summed E-state index contributed by atoms with van der Waals surface area (Å²) in [5.41, 5.74) is 6.00. The fraction of sp³-hybridized carbons (Fsp3) is 0.600. The summed E-state index contributed by atoms with van der Waals surface area (Å²) < 4.78 is 43.7. The second kappa shape index (κ2) is 6.04. The van der Waals surface area contributed by atoms with Gasteiger partial charge in [0.15, 0.2) is 0 Å². The predicted molar refractivity (Wildman–Crippen MR) is 71.5 cm³/mol. The van der Waals surface area contributed by atoms with Gasteiger partial charge in [-0.05, 0) is 42.5 Å². The van der Waals surface area contributed by atoms with E-state index < -0.39 is 11.7 Å². The Morgan fingerprint density at radius 2 is 1.80 bits per heavy atom. The Morgan fingerprint density at radius 1 is 1.15 bits per heavy atom. The molecule has 0 aliphatic heterocycles. The van der Waals surface area contributed by atoms with Crippen LogP contribution in [-0.4, -0.2) is 7.11 Å². The molecule has 0 amide bonds. The molecule has 5 heteroatoms. The van der Waals surface area contributed by atoms with Crippen molar-refractivity contribution in [3.63, 3.8) is 0 Å². The van der Waals surface area contributed by atoms with Gasteiger partial charge in [-0.3, -0.25) is 0 Å². The summed E-state index contributed by atoms with van der Waals surface area (Å²) in [5, 5.41) is 0. The third kappa shape index (κ3) is 3.45. The summed E-state index contributed by atoms with van der Waals surface area (Å²) in [7, 11) is 1.37. The van der Waals surface area contributed by atoms with E-state index in [2.05, 4.69) is 0 Å². The van der Waals surface area contributed by atoms with Gasteiger partial charge in [-0.25, -0.2) is 0 Å². The van der Waals surface area contributed by atoms with Crippen molar-refractivity contribution in [2.75, 3.05) is 7.11 Å². The van der Waals surface area contributed by atoms with Crippen LogP contribution in [0, 0.1) is 5.92 Å². The van der Waals surface area contributed by atoms with Gasteiger partial charge in [-0.1, -0.05) is 19.3 Å². The van der Waals surface area contributed by atoms with Crippen LogP contribution in [0.15, 0.2) is 18.2 Å². The van der Waals surface area contributed by atoms with Gasteiger partial charge in [-0.2, -0.15) is 13.2 Å². The third-order valence-electron chi connectivity index (χ3n) is 4.03. The summed E-state index contributed by atoms with van der Waals surface area (Å²) in [6.45, 7) is 0. The maximum absolute atomic E-state index is 12.9. The van der Waals surface area contributed by atoms with Crippen molar-refractivity contribution in [2.45, 2.75) is 44.3 Å². The summed E-state index contributed by atoms with van der Waals surface area (Å²) >= 11 is 0. The summed E-state index contributed by atoms with van der Waals surface area (Å²) in [5.74, 6) is 0.470. The number of methoxy groups -OCH3 is 1. The molecule has 0 heterocycles. The molecule has 1 atom stereocenters. The van der Waals surface area contributed by atoms with E-state index in [4.69, 9.17) is 10.5 Å². The molecule has 0 unspecified atom stereocenters. The molecule has 2 nitrogen and oxygen atoms in total. The Bertz CT molecular complexity index is 453. The van der Waals surface area contributed by atoms with Crippen molar-refractivity contribution < 1.29 is 17.9 Å². The van der Waals surface area contributed by atoms with Gasteiger partial charge in [0.05, 0.1) is 12.7 Å². The molecule has 1 fully saturated rings. The second-order valence-electron chi connectivity index (χ2n) is 5.42. The standard InChI is InChI=1S/C15H20F3NO/c1-20-13-8-11(7-12(9-13)15(16,17)18)14(19)10-5-3-2-4-6-10/h7-10,14H,2-6,19H2,1H3/t14-/m0/s1. The third-order valence-corrected chi connectivity index (χ3v) is 4.03. The fourth-order valence-electron chi connectivity index (χ4n) is 2.86. The van der Waals surface area contributed by atoms with Gasteiger partial charge in [0.2, 0.25) is 0 Å². The molecule has 1 aliphatic carbocycles. The number of rotatable bonds is 3. The van der Waals surface area contributed by atoms with E-state index in [1.807, 2.05) is 0 Å². The van der Waals surface area contributed by atoms with E-state index in [0.29, 0.717) is 5.56 Å². The molecule has 0 radical (unpaired) electrons. The molecule has 0 bridgehead atoms. The molecule has 0 saturated heterocycles. The lowest BCUT2D eigenvalue weighted by molar-refractivity contribution is -0.137. The van der Waals surface area contributed by atoms with Crippen LogP contribution in [0.2, 0.25) is 0 Å². The van der Waals surface area contributed by atoms with Crippen LogP contribution in [0.1, 0.15) is 49.3 Å². The van der Waals surface area contributed by atoms with Gasteiger partial charge >= 0.3 is 6.18 Å². The van der Waals surface area contributed by atoms with Crippen LogP contribution in [0.5, 0.6) is 5.75 Å². The first-order valence-corrected chi connectivity index (χ1v) is 6.93. The number of halogens is 3. The topological polar surface area (TPSA) is 35.2 Å². The Morgan fingerprint density at radius 3 is 2.35 bits per heavy atom. The van der Waals surface area contributed by atoms with Gasteiger partial charge in [0, 0.05) is 6.04 Å². The quantitative estimate of drug-likeness (QED) is 0.900. The van der Waals surface area contributed by atoms with Crippen molar-refractivity contribution in [2.24, 2.45) is 11.7 Å². The van der Waals surface area contributed by atoms with Crippen molar-refractivity contribution in [1.82, 2.24) is 0 Å². The summed E-state index contributed by atoms with van der Waals surface area (Å²) in [6, 6.07) is 3.43. The first-order valence-electron chi connectivity index (χ1n) is 6.93. The lowest BCUT2D eigenvalue weighted by Gasteiger charge is -2.28. The molecule has 1 aromatic carbocycles. The van der Waals surface area contributed by atoms with Crippen molar-refractivity contribution >= 4 is 0 Å². The van der Waals surface area contributed by atoms with Crippen LogP contribution in [0.3, 0.4) is 0 Å². The van der Waals surface area contributed by atoms with E-state index in [1.54, 1.807) is 6.07 Å². The van der Waals surface area contributed by atoms with Crippen LogP contribution in [0.25, 0.3) is 0 Å². The minimum atomic E-state index is -4.38. The van der Waals surface area contributed by atoms with Crippen molar-refractivity contribution in [3.8, 4) is 5.75 Å². The van der Waals surface area contributed by atoms with E-state index in [0.717, 1.165) is 37.8 Å². The molecule has 20 heavy (non-hydrogen) atoms. The predicted octanol–water partition coefficient (Wildman–Crippen LogP) is 4.29. The lowest BCUT2D eigenvalue weighted by Crippen LogP contribution is -2.24. The number of hydrogen-bond acceptors (Lipinski definition) is 2. The minimum Gasteiger partial charge on any atom is -0.497 e. The highest BCUT2D eigenvalue weighted by atomic mass is 19.4. The Hall–Kier alpha value is -1.23. The molecule has 1 saturated carbocycles. The fourth-order valence-corrected chi connectivity index (χ4v) is 2.86. The first kappa shape index (κ1) is 15.2. The molecule has 0 aromatic heterocycles. The van der Waals surface area contributed by atoms with E-state index in [1.165, 1.54) is 13.5 Å². The van der Waals surface area contributed by atoms with E-state index in [9.17, 15) is 13.2 Å². The number of ether oxygens (including phenoxy) is 1. The zero-order valence-corrected chi connectivity index (χ0v) is 11.5.